The number of aliphatic hydroxyl groups is 1. The number of ether oxygens (including phenoxy) is 3. The van der Waals surface area contributed by atoms with Gasteiger partial charge in [0.25, 0.3) is 0 Å². The maximum Gasteiger partial charge on any atom is 0.488 e. The molecule has 4 aromatic rings. The van der Waals surface area contributed by atoms with E-state index in [9.17, 15) is 15.0 Å². The summed E-state index contributed by atoms with van der Waals surface area (Å²) in [5.41, 5.74) is 3.48. The molecule has 0 saturated carbocycles. The lowest BCUT2D eigenvalue weighted by molar-refractivity contribution is -0.0200. The molecule has 0 heterocycles. The van der Waals surface area contributed by atoms with Crippen molar-refractivity contribution in [1.82, 2.24) is 0 Å². The highest BCUT2D eigenvalue weighted by molar-refractivity contribution is 6.58. The van der Waals surface area contributed by atoms with Crippen LogP contribution in [-0.4, -0.2) is 33.3 Å². The summed E-state index contributed by atoms with van der Waals surface area (Å²) in [5, 5.41) is 38.1. The summed E-state index contributed by atoms with van der Waals surface area (Å²) in [6.07, 6.45) is -1.22. The molecule has 0 amide bonds. The van der Waals surface area contributed by atoms with Gasteiger partial charge in [0.2, 0.25) is 6.29 Å². The average molecular weight is 514 g/mol. The maximum atomic E-state index is 12.7. The Balaban J connectivity index is 1.36. The van der Waals surface area contributed by atoms with Gasteiger partial charge in [0, 0.05) is 5.56 Å². The number of hydrogen-bond acceptors (Lipinski definition) is 8. The monoisotopic (exact) mass is 514 g/mol. The first kappa shape index (κ1) is 26.7. The smallest absolute Gasteiger partial charge is 0.488 e. The zero-order valence-corrected chi connectivity index (χ0v) is 20.9. The van der Waals surface area contributed by atoms with Crippen LogP contribution in [0.15, 0.2) is 84.9 Å². The first-order valence-corrected chi connectivity index (χ1v) is 11.8. The van der Waals surface area contributed by atoms with Gasteiger partial charge >= 0.3 is 13.1 Å². The van der Waals surface area contributed by atoms with Crippen molar-refractivity contribution in [2.45, 2.75) is 26.7 Å². The number of phenols is 1. The molecular formula is C29H27BO8. The molecule has 4 rings (SSSR count). The van der Waals surface area contributed by atoms with Gasteiger partial charge in [-0.15, -0.1) is 0 Å². The van der Waals surface area contributed by atoms with Gasteiger partial charge in [0.05, 0.1) is 5.56 Å². The zero-order valence-electron chi connectivity index (χ0n) is 20.9. The number of hydrogen-bond donors (Lipinski definition) is 4. The summed E-state index contributed by atoms with van der Waals surface area (Å²) >= 11 is 0. The van der Waals surface area contributed by atoms with Crippen molar-refractivity contribution in [2.24, 2.45) is 0 Å². The second kappa shape index (κ2) is 11.8. The quantitative estimate of drug-likeness (QED) is 0.116. The van der Waals surface area contributed by atoms with Crippen LogP contribution in [0.4, 0.5) is 0 Å². The molecule has 0 radical (unpaired) electrons. The van der Waals surface area contributed by atoms with Crippen molar-refractivity contribution in [1.29, 1.82) is 0 Å². The third-order valence-electron chi connectivity index (χ3n) is 6.08. The van der Waals surface area contributed by atoms with Gasteiger partial charge in [-0.25, -0.2) is 4.79 Å². The first-order valence-electron chi connectivity index (χ1n) is 11.8. The predicted molar refractivity (Wildman–Crippen MR) is 142 cm³/mol. The lowest BCUT2D eigenvalue weighted by Crippen LogP contribution is -2.29. The first-order chi connectivity index (χ1) is 18.2. The molecule has 0 aliphatic carbocycles. The summed E-state index contributed by atoms with van der Waals surface area (Å²) in [4.78, 5) is 12.7. The van der Waals surface area contributed by atoms with Gasteiger partial charge in [-0.05, 0) is 96.7 Å². The molecule has 0 fully saturated rings. The molecule has 0 saturated heterocycles. The fourth-order valence-electron chi connectivity index (χ4n) is 3.64. The minimum atomic E-state index is -1.53. The van der Waals surface area contributed by atoms with E-state index in [2.05, 4.69) is 0 Å². The molecule has 9 heteroatoms. The topological polar surface area (TPSA) is 126 Å². The molecule has 1 atom stereocenters. The van der Waals surface area contributed by atoms with E-state index in [4.69, 9.17) is 24.3 Å². The number of aliphatic hydroxyl groups excluding tert-OH is 1. The van der Waals surface area contributed by atoms with E-state index >= 15 is 0 Å². The van der Waals surface area contributed by atoms with Crippen LogP contribution in [0.5, 0.6) is 23.0 Å². The van der Waals surface area contributed by atoms with E-state index in [0.29, 0.717) is 45.0 Å². The summed E-state index contributed by atoms with van der Waals surface area (Å²) in [5.74, 6) is 0.967. The van der Waals surface area contributed by atoms with E-state index in [-0.39, 0.29) is 12.4 Å². The molecular weight excluding hydrogens is 487 g/mol. The van der Waals surface area contributed by atoms with Crippen molar-refractivity contribution in [3.63, 3.8) is 0 Å². The molecule has 0 spiro atoms. The molecule has 0 bridgehead atoms. The van der Waals surface area contributed by atoms with Crippen LogP contribution in [-0.2, 0) is 6.61 Å². The van der Waals surface area contributed by atoms with E-state index in [1.54, 1.807) is 86.6 Å². The van der Waals surface area contributed by atoms with Crippen molar-refractivity contribution >= 4 is 18.6 Å². The van der Waals surface area contributed by atoms with Crippen LogP contribution in [0.3, 0.4) is 0 Å². The Morgan fingerprint density at radius 1 is 0.816 bits per heavy atom. The second-order valence-corrected chi connectivity index (χ2v) is 8.69. The van der Waals surface area contributed by atoms with Gasteiger partial charge in [-0.2, -0.15) is 0 Å². The number of rotatable bonds is 9. The minimum absolute atomic E-state index is 0.0921. The third kappa shape index (κ3) is 6.52. The lowest BCUT2D eigenvalue weighted by Gasteiger charge is -2.18. The van der Waals surface area contributed by atoms with E-state index in [0.717, 1.165) is 5.56 Å². The summed E-state index contributed by atoms with van der Waals surface area (Å²) in [6.45, 7) is 3.87. The van der Waals surface area contributed by atoms with Crippen LogP contribution in [0.2, 0.25) is 0 Å². The Labute approximate surface area is 220 Å². The number of carbonyl (C=O) groups excluding carboxylic acids is 1. The maximum absolute atomic E-state index is 12.7. The van der Waals surface area contributed by atoms with Gasteiger partial charge in [0.1, 0.15) is 29.6 Å². The normalized spacial score (nSPS) is 11.5. The van der Waals surface area contributed by atoms with Crippen LogP contribution < -0.4 is 19.7 Å². The summed E-state index contributed by atoms with van der Waals surface area (Å²) < 4.78 is 17.0. The van der Waals surface area contributed by atoms with Gasteiger partial charge in [-0.1, -0.05) is 24.3 Å². The number of esters is 1. The fraction of sp³-hybridized carbons (Fsp3) is 0.138. The SMILES string of the molecule is Cc1c(OC(=O)c2ccc(COc3ccc(B(O)O)cc3)cc2)ccc(OC(O)c2ccc(O)cc2)c1C. The second-order valence-electron chi connectivity index (χ2n) is 8.69. The highest BCUT2D eigenvalue weighted by Crippen LogP contribution is 2.32. The van der Waals surface area contributed by atoms with Gasteiger partial charge in [0.15, 0.2) is 0 Å². The molecule has 0 aliphatic rings. The van der Waals surface area contributed by atoms with E-state index < -0.39 is 19.4 Å². The zero-order chi connectivity index (χ0) is 27.2. The van der Waals surface area contributed by atoms with E-state index in [1.807, 2.05) is 0 Å². The van der Waals surface area contributed by atoms with Crippen LogP contribution in [0.1, 0.15) is 38.9 Å². The Bertz CT molecular complexity index is 1380. The van der Waals surface area contributed by atoms with Crippen LogP contribution >= 0.6 is 0 Å². The molecule has 0 aromatic heterocycles. The number of carbonyl (C=O) groups is 1. The number of benzene rings is 4. The molecule has 8 nitrogen and oxygen atoms in total. The van der Waals surface area contributed by atoms with Crippen molar-refractivity contribution in [2.75, 3.05) is 0 Å². The van der Waals surface area contributed by atoms with Gasteiger partial charge < -0.3 is 34.5 Å². The molecule has 1 unspecified atom stereocenters. The minimum Gasteiger partial charge on any atom is -0.508 e. The van der Waals surface area contributed by atoms with Gasteiger partial charge in [-0.3, -0.25) is 0 Å². The molecule has 0 aliphatic heterocycles. The molecule has 194 valence electrons. The highest BCUT2D eigenvalue weighted by Gasteiger charge is 2.17. The largest absolute Gasteiger partial charge is 0.508 e. The van der Waals surface area contributed by atoms with Crippen molar-refractivity contribution in [3.8, 4) is 23.0 Å². The number of phenolic OH excluding ortho intramolecular Hbond substituents is 1. The Hall–Kier alpha value is -4.31. The molecule has 4 N–H and O–H groups in total. The van der Waals surface area contributed by atoms with Crippen LogP contribution in [0.25, 0.3) is 0 Å². The summed E-state index contributed by atoms with van der Waals surface area (Å²) in [7, 11) is -1.53. The molecule has 38 heavy (non-hydrogen) atoms. The summed E-state index contributed by atoms with van der Waals surface area (Å²) in [6, 6.07) is 22.6. The third-order valence-corrected chi connectivity index (χ3v) is 6.08. The van der Waals surface area contributed by atoms with E-state index in [1.165, 1.54) is 12.1 Å². The highest BCUT2D eigenvalue weighted by atomic mass is 16.6. The number of aromatic hydroxyl groups is 1. The predicted octanol–water partition coefficient (Wildman–Crippen LogP) is 3.56. The van der Waals surface area contributed by atoms with Crippen molar-refractivity contribution in [3.05, 3.63) is 113 Å². The van der Waals surface area contributed by atoms with Crippen molar-refractivity contribution < 1.29 is 39.3 Å². The van der Waals surface area contributed by atoms with Crippen LogP contribution in [0, 0.1) is 13.8 Å². The standard InChI is InChI=1S/C29H27BO8/c1-18-19(2)27(38-29(33)22-7-11-24(31)12-8-22)16-15-26(18)37-28(32)21-5-3-20(4-6-21)17-36-25-13-9-23(10-14-25)30(34)35/h3-16,29,31,33-35H,17H2,1-2H3. The lowest BCUT2D eigenvalue weighted by atomic mass is 9.80. The molecule has 4 aromatic carbocycles. The Morgan fingerprint density at radius 2 is 1.42 bits per heavy atom. The fourth-order valence-corrected chi connectivity index (χ4v) is 3.64. The Morgan fingerprint density at radius 3 is 2.05 bits per heavy atom. The Kier molecular flexibility index (Phi) is 8.33. The average Bonchev–Trinajstić information content (AvgIpc) is 2.92.